The topological polar surface area (TPSA) is 20.2 Å². The fourth-order valence-corrected chi connectivity index (χ4v) is 1.94. The first-order valence-corrected chi connectivity index (χ1v) is 6.05. The zero-order chi connectivity index (χ0) is 12.4. The van der Waals surface area contributed by atoms with E-state index >= 15 is 0 Å². The van der Waals surface area contributed by atoms with Crippen LogP contribution in [-0.4, -0.2) is 5.11 Å². The Morgan fingerprint density at radius 2 is 1.47 bits per heavy atom. The Morgan fingerprint density at radius 3 is 2.00 bits per heavy atom. The van der Waals surface area contributed by atoms with Gasteiger partial charge in [-0.15, -0.1) is 0 Å². The summed E-state index contributed by atoms with van der Waals surface area (Å²) in [4.78, 5) is 0. The Bertz CT molecular complexity index is 505. The van der Waals surface area contributed by atoms with Crippen LogP contribution in [0.1, 0.15) is 17.2 Å². The molecule has 0 fully saturated rings. The summed E-state index contributed by atoms with van der Waals surface area (Å²) in [6.07, 6.45) is -1.28. The molecule has 0 aliphatic carbocycles. The molecule has 0 bridgehead atoms. The zero-order valence-corrected chi connectivity index (χ0v) is 10.9. The summed E-state index contributed by atoms with van der Waals surface area (Å²) >= 11 is 2.12. The van der Waals surface area contributed by atoms with Crippen LogP contribution in [0.25, 0.3) is 0 Å². The molecule has 0 aliphatic rings. The Balaban J connectivity index is 2.43. The maximum Gasteiger partial charge on any atom is 0.132 e. The second kappa shape index (κ2) is 5.10. The summed E-state index contributed by atoms with van der Waals surface area (Å²) < 4.78 is 27.9. The molecule has 17 heavy (non-hydrogen) atoms. The van der Waals surface area contributed by atoms with Crippen LogP contribution in [0.15, 0.2) is 42.5 Å². The molecule has 0 heterocycles. The number of rotatable bonds is 2. The van der Waals surface area contributed by atoms with E-state index in [1.54, 1.807) is 24.3 Å². The monoisotopic (exact) mass is 346 g/mol. The van der Waals surface area contributed by atoms with Crippen LogP contribution in [0.2, 0.25) is 0 Å². The molecule has 0 aliphatic heterocycles. The van der Waals surface area contributed by atoms with Gasteiger partial charge in [-0.25, -0.2) is 8.78 Å². The largest absolute Gasteiger partial charge is 0.383 e. The highest BCUT2D eigenvalue weighted by molar-refractivity contribution is 14.1. The highest BCUT2D eigenvalue weighted by atomic mass is 127. The Hall–Kier alpha value is -1.01. The third-order valence-electron chi connectivity index (χ3n) is 2.46. The minimum atomic E-state index is -1.28. The smallest absolute Gasteiger partial charge is 0.132 e. The molecule has 2 aromatic carbocycles. The van der Waals surface area contributed by atoms with Crippen molar-refractivity contribution >= 4 is 22.6 Å². The minimum absolute atomic E-state index is 0.311. The van der Waals surface area contributed by atoms with Crippen molar-refractivity contribution < 1.29 is 13.9 Å². The normalized spacial score (nSPS) is 12.5. The maximum absolute atomic E-state index is 13.5. The second-order valence-corrected chi connectivity index (χ2v) is 4.84. The number of hydrogen-bond donors (Lipinski definition) is 1. The van der Waals surface area contributed by atoms with Gasteiger partial charge in [0.1, 0.15) is 17.7 Å². The molecular formula is C13H9F2IO. The predicted molar refractivity (Wildman–Crippen MR) is 69.6 cm³/mol. The number of benzene rings is 2. The summed E-state index contributed by atoms with van der Waals surface area (Å²) in [6, 6.07) is 10.4. The van der Waals surface area contributed by atoms with Crippen molar-refractivity contribution in [2.45, 2.75) is 6.10 Å². The van der Waals surface area contributed by atoms with Crippen molar-refractivity contribution in [3.63, 3.8) is 0 Å². The number of halogens is 3. The lowest BCUT2D eigenvalue weighted by Crippen LogP contribution is -2.05. The van der Waals surface area contributed by atoms with Gasteiger partial charge < -0.3 is 5.11 Å². The lowest BCUT2D eigenvalue weighted by atomic mass is 10.0. The Morgan fingerprint density at radius 1 is 0.941 bits per heavy atom. The minimum Gasteiger partial charge on any atom is -0.383 e. The molecule has 1 unspecified atom stereocenters. The van der Waals surface area contributed by atoms with Crippen LogP contribution in [-0.2, 0) is 0 Å². The van der Waals surface area contributed by atoms with Gasteiger partial charge in [0.2, 0.25) is 0 Å². The van der Waals surface area contributed by atoms with Gasteiger partial charge in [-0.2, -0.15) is 0 Å². The molecule has 0 spiro atoms. The SMILES string of the molecule is OC(c1ccc(I)cc1)c1c(F)cccc1F. The van der Waals surface area contributed by atoms with E-state index in [-0.39, 0.29) is 5.56 Å². The summed E-state index contributed by atoms with van der Waals surface area (Å²) in [5, 5.41) is 9.96. The van der Waals surface area contributed by atoms with Crippen molar-refractivity contribution in [1.29, 1.82) is 0 Å². The first-order chi connectivity index (χ1) is 8.09. The van der Waals surface area contributed by atoms with Crippen molar-refractivity contribution in [2.75, 3.05) is 0 Å². The standard InChI is InChI=1S/C13H9F2IO/c14-10-2-1-3-11(15)12(10)13(17)8-4-6-9(16)7-5-8/h1-7,13,17H. The zero-order valence-electron chi connectivity index (χ0n) is 8.70. The molecule has 0 radical (unpaired) electrons. The first kappa shape index (κ1) is 12.4. The van der Waals surface area contributed by atoms with E-state index in [1.165, 1.54) is 6.07 Å². The molecule has 2 rings (SSSR count). The summed E-state index contributed by atoms with van der Waals surface area (Å²) in [5.74, 6) is -1.48. The van der Waals surface area contributed by atoms with Gasteiger partial charge in [0, 0.05) is 3.57 Å². The lowest BCUT2D eigenvalue weighted by Gasteiger charge is -2.13. The van der Waals surface area contributed by atoms with Gasteiger partial charge in [0.05, 0.1) is 5.56 Å². The lowest BCUT2D eigenvalue weighted by molar-refractivity contribution is 0.209. The van der Waals surface area contributed by atoms with E-state index in [2.05, 4.69) is 22.6 Å². The fraction of sp³-hybridized carbons (Fsp3) is 0.0769. The van der Waals surface area contributed by atoms with Crippen LogP contribution < -0.4 is 0 Å². The van der Waals surface area contributed by atoms with Crippen LogP contribution in [0.5, 0.6) is 0 Å². The molecule has 1 atom stereocenters. The molecule has 0 saturated heterocycles. The summed E-state index contributed by atoms with van der Waals surface area (Å²) in [5.41, 5.74) is 0.156. The summed E-state index contributed by atoms with van der Waals surface area (Å²) in [7, 11) is 0. The van der Waals surface area contributed by atoms with E-state index in [1.807, 2.05) is 0 Å². The van der Waals surface area contributed by atoms with E-state index in [9.17, 15) is 13.9 Å². The molecule has 1 nitrogen and oxygen atoms in total. The number of aliphatic hydroxyl groups excluding tert-OH is 1. The van der Waals surface area contributed by atoms with Crippen molar-refractivity contribution in [3.05, 3.63) is 68.8 Å². The van der Waals surface area contributed by atoms with Crippen LogP contribution >= 0.6 is 22.6 Å². The fourth-order valence-electron chi connectivity index (χ4n) is 1.58. The second-order valence-electron chi connectivity index (χ2n) is 3.59. The third kappa shape index (κ3) is 2.63. The van der Waals surface area contributed by atoms with Gasteiger partial charge >= 0.3 is 0 Å². The van der Waals surface area contributed by atoms with Gasteiger partial charge in [-0.05, 0) is 52.4 Å². The molecule has 0 aromatic heterocycles. The molecule has 1 N–H and O–H groups in total. The molecule has 2 aromatic rings. The van der Waals surface area contributed by atoms with Crippen LogP contribution in [0.4, 0.5) is 8.78 Å². The van der Waals surface area contributed by atoms with Crippen LogP contribution in [0.3, 0.4) is 0 Å². The summed E-state index contributed by atoms with van der Waals surface area (Å²) in [6.45, 7) is 0. The van der Waals surface area contributed by atoms with Gasteiger partial charge in [0.25, 0.3) is 0 Å². The quantitative estimate of drug-likeness (QED) is 0.823. The van der Waals surface area contributed by atoms with Gasteiger partial charge in [-0.3, -0.25) is 0 Å². The first-order valence-electron chi connectivity index (χ1n) is 4.97. The van der Waals surface area contributed by atoms with Crippen molar-refractivity contribution in [1.82, 2.24) is 0 Å². The highest BCUT2D eigenvalue weighted by Gasteiger charge is 2.19. The van der Waals surface area contributed by atoms with Gasteiger partial charge in [0.15, 0.2) is 0 Å². The average Bonchev–Trinajstić information content (AvgIpc) is 2.29. The van der Waals surface area contributed by atoms with E-state index in [4.69, 9.17) is 0 Å². The molecule has 88 valence electrons. The van der Waals surface area contributed by atoms with E-state index in [0.717, 1.165) is 15.7 Å². The van der Waals surface area contributed by atoms with Gasteiger partial charge in [-0.1, -0.05) is 18.2 Å². The molecule has 0 amide bonds. The molecule has 0 saturated carbocycles. The van der Waals surface area contributed by atoms with E-state index in [0.29, 0.717) is 5.56 Å². The average molecular weight is 346 g/mol. The maximum atomic E-state index is 13.5. The Labute approximate surface area is 111 Å². The van der Waals surface area contributed by atoms with Crippen molar-refractivity contribution in [3.8, 4) is 0 Å². The van der Waals surface area contributed by atoms with Crippen LogP contribution in [0, 0.1) is 15.2 Å². The van der Waals surface area contributed by atoms with Crippen molar-refractivity contribution in [2.24, 2.45) is 0 Å². The number of hydrogen-bond acceptors (Lipinski definition) is 1. The van der Waals surface area contributed by atoms with E-state index < -0.39 is 17.7 Å². The third-order valence-corrected chi connectivity index (χ3v) is 3.18. The Kier molecular flexibility index (Phi) is 3.73. The predicted octanol–water partition coefficient (Wildman–Crippen LogP) is 3.65. The number of aliphatic hydroxyl groups is 1. The molecule has 4 heteroatoms. The molecular weight excluding hydrogens is 337 g/mol. The highest BCUT2D eigenvalue weighted by Crippen LogP contribution is 2.26.